The first-order valence-corrected chi connectivity index (χ1v) is 7.01. The van der Waals surface area contributed by atoms with E-state index in [1.54, 1.807) is 24.3 Å². The van der Waals surface area contributed by atoms with Crippen LogP contribution in [0.5, 0.6) is 0 Å². The van der Waals surface area contributed by atoms with E-state index in [1.807, 2.05) is 0 Å². The van der Waals surface area contributed by atoms with Crippen molar-refractivity contribution in [2.75, 3.05) is 18.0 Å². The summed E-state index contributed by atoms with van der Waals surface area (Å²) < 4.78 is 0. The van der Waals surface area contributed by atoms with Crippen molar-refractivity contribution in [3.63, 3.8) is 0 Å². The number of carbonyl (C=O) groups is 2. The van der Waals surface area contributed by atoms with Gasteiger partial charge in [-0.2, -0.15) is 0 Å². The Bertz CT molecular complexity index is 526. The second-order valence-corrected chi connectivity index (χ2v) is 5.61. The molecule has 2 saturated heterocycles. The smallest absolute Gasteiger partial charge is 0.292 e. The number of benzene rings is 1. The second-order valence-electron chi connectivity index (χ2n) is 5.17. The van der Waals surface area contributed by atoms with Crippen LogP contribution in [0.15, 0.2) is 24.3 Å². The number of hydrogen-bond donors (Lipinski definition) is 1. The van der Waals surface area contributed by atoms with Gasteiger partial charge in [0, 0.05) is 17.9 Å². The van der Waals surface area contributed by atoms with Gasteiger partial charge >= 0.3 is 0 Å². The molecular formula is C14H16ClN2O2+. The summed E-state index contributed by atoms with van der Waals surface area (Å²) in [6, 6.07) is 6.71. The van der Waals surface area contributed by atoms with Crippen LogP contribution >= 0.6 is 11.6 Å². The van der Waals surface area contributed by atoms with Gasteiger partial charge in [-0.15, -0.1) is 0 Å². The average molecular weight is 280 g/mol. The van der Waals surface area contributed by atoms with Gasteiger partial charge in [0.2, 0.25) is 5.91 Å². The standard InChI is InChI=1S/C14H15ClN2O2/c15-10-4-3-5-11(8-10)17-13(18)9-12(14(17)19)16-6-1-2-7-16/h3-5,8,12H,1-2,6-7,9H2/p+1/t12-/m0/s1. The Kier molecular flexibility index (Phi) is 3.29. The highest BCUT2D eigenvalue weighted by Crippen LogP contribution is 2.24. The van der Waals surface area contributed by atoms with E-state index in [0.717, 1.165) is 25.9 Å². The highest BCUT2D eigenvalue weighted by atomic mass is 35.5. The molecule has 0 spiro atoms. The van der Waals surface area contributed by atoms with Gasteiger partial charge in [0.15, 0.2) is 6.04 Å². The van der Waals surface area contributed by atoms with Crippen molar-refractivity contribution in [2.24, 2.45) is 0 Å². The lowest BCUT2D eigenvalue weighted by atomic mass is 10.2. The SMILES string of the molecule is O=C1C[C@H]([NH+]2CCCC2)C(=O)N1c1cccc(Cl)c1. The summed E-state index contributed by atoms with van der Waals surface area (Å²) in [6.07, 6.45) is 2.61. The van der Waals surface area contributed by atoms with E-state index >= 15 is 0 Å². The van der Waals surface area contributed by atoms with Gasteiger partial charge in [0.1, 0.15) is 0 Å². The Morgan fingerprint density at radius 1 is 1.21 bits per heavy atom. The van der Waals surface area contributed by atoms with E-state index in [-0.39, 0.29) is 17.9 Å². The van der Waals surface area contributed by atoms with Crippen molar-refractivity contribution in [3.8, 4) is 0 Å². The van der Waals surface area contributed by atoms with Crippen LogP contribution in [-0.4, -0.2) is 30.9 Å². The molecule has 1 N–H and O–H groups in total. The fourth-order valence-corrected chi connectivity index (χ4v) is 3.20. The second kappa shape index (κ2) is 4.94. The molecule has 3 rings (SSSR count). The minimum absolute atomic E-state index is 0.0795. The number of imide groups is 1. The van der Waals surface area contributed by atoms with Gasteiger partial charge in [-0.05, 0) is 18.2 Å². The summed E-state index contributed by atoms with van der Waals surface area (Å²) >= 11 is 5.93. The largest absolute Gasteiger partial charge is 0.324 e. The Hall–Kier alpha value is -1.39. The van der Waals surface area contributed by atoms with Gasteiger partial charge < -0.3 is 4.90 Å². The topological polar surface area (TPSA) is 41.8 Å². The molecule has 0 aliphatic carbocycles. The van der Waals surface area contributed by atoms with Crippen molar-refractivity contribution in [3.05, 3.63) is 29.3 Å². The molecular weight excluding hydrogens is 264 g/mol. The first-order valence-electron chi connectivity index (χ1n) is 6.64. The number of carbonyl (C=O) groups excluding carboxylic acids is 2. The van der Waals surface area contributed by atoms with Crippen LogP contribution in [0, 0.1) is 0 Å². The summed E-state index contributed by atoms with van der Waals surface area (Å²) in [6.45, 7) is 1.99. The summed E-state index contributed by atoms with van der Waals surface area (Å²) in [7, 11) is 0. The third kappa shape index (κ3) is 2.26. The van der Waals surface area contributed by atoms with Crippen molar-refractivity contribution >= 4 is 29.1 Å². The number of rotatable bonds is 2. The Labute approximate surface area is 116 Å². The number of hydrogen-bond acceptors (Lipinski definition) is 2. The molecule has 2 aliphatic heterocycles. The molecule has 2 aliphatic rings. The minimum atomic E-state index is -0.200. The zero-order valence-electron chi connectivity index (χ0n) is 10.6. The summed E-state index contributed by atoms with van der Waals surface area (Å²) in [5.74, 6) is -0.194. The van der Waals surface area contributed by atoms with Crippen LogP contribution in [0.2, 0.25) is 5.02 Å². The molecule has 0 saturated carbocycles. The molecule has 2 heterocycles. The number of nitrogens with one attached hydrogen (secondary N) is 1. The van der Waals surface area contributed by atoms with Crippen molar-refractivity contribution in [2.45, 2.75) is 25.3 Å². The molecule has 0 bridgehead atoms. The monoisotopic (exact) mass is 279 g/mol. The minimum Gasteiger partial charge on any atom is -0.324 e. The van der Waals surface area contributed by atoms with Crippen LogP contribution in [0.4, 0.5) is 5.69 Å². The van der Waals surface area contributed by atoms with E-state index in [9.17, 15) is 9.59 Å². The molecule has 0 radical (unpaired) electrons. The molecule has 2 amide bonds. The predicted molar refractivity (Wildman–Crippen MR) is 72.3 cm³/mol. The van der Waals surface area contributed by atoms with Gasteiger partial charge in [-0.1, -0.05) is 17.7 Å². The first kappa shape index (κ1) is 12.6. The van der Waals surface area contributed by atoms with Gasteiger partial charge in [-0.25, -0.2) is 4.90 Å². The number of nitrogens with zero attached hydrogens (tertiary/aromatic N) is 1. The lowest BCUT2D eigenvalue weighted by molar-refractivity contribution is -0.902. The average Bonchev–Trinajstić information content (AvgIpc) is 2.97. The third-order valence-electron chi connectivity index (χ3n) is 3.95. The number of anilines is 1. The predicted octanol–water partition coefficient (Wildman–Crippen LogP) is 0.651. The molecule has 19 heavy (non-hydrogen) atoms. The zero-order chi connectivity index (χ0) is 13.4. The van der Waals surface area contributed by atoms with Crippen LogP contribution in [0.3, 0.4) is 0 Å². The van der Waals surface area contributed by atoms with E-state index < -0.39 is 0 Å². The van der Waals surface area contributed by atoms with E-state index in [4.69, 9.17) is 11.6 Å². The Morgan fingerprint density at radius 3 is 2.63 bits per heavy atom. The maximum absolute atomic E-state index is 12.5. The zero-order valence-corrected chi connectivity index (χ0v) is 11.3. The van der Waals surface area contributed by atoms with Crippen LogP contribution in [0.25, 0.3) is 0 Å². The molecule has 1 aromatic rings. The molecule has 4 nitrogen and oxygen atoms in total. The van der Waals surface area contributed by atoms with E-state index in [1.165, 1.54) is 9.80 Å². The number of likely N-dealkylation sites (tertiary alicyclic amines) is 1. The number of halogens is 1. The summed E-state index contributed by atoms with van der Waals surface area (Å²) in [5, 5.41) is 0.537. The summed E-state index contributed by atoms with van der Waals surface area (Å²) in [5.41, 5.74) is 0.587. The highest BCUT2D eigenvalue weighted by Gasteiger charge is 2.46. The van der Waals surface area contributed by atoms with Crippen LogP contribution < -0.4 is 9.80 Å². The quantitative estimate of drug-likeness (QED) is 0.808. The van der Waals surface area contributed by atoms with Crippen molar-refractivity contribution in [1.29, 1.82) is 0 Å². The van der Waals surface area contributed by atoms with Crippen LogP contribution in [0.1, 0.15) is 19.3 Å². The maximum Gasteiger partial charge on any atom is 0.292 e. The van der Waals surface area contributed by atoms with Crippen LogP contribution in [-0.2, 0) is 9.59 Å². The molecule has 0 aromatic heterocycles. The number of amides is 2. The fourth-order valence-electron chi connectivity index (χ4n) is 3.01. The molecule has 2 fully saturated rings. The highest BCUT2D eigenvalue weighted by molar-refractivity contribution is 6.31. The van der Waals surface area contributed by atoms with E-state index in [2.05, 4.69) is 0 Å². The van der Waals surface area contributed by atoms with Gasteiger partial charge in [-0.3, -0.25) is 9.59 Å². The summed E-state index contributed by atoms with van der Waals surface area (Å²) in [4.78, 5) is 27.1. The first-order chi connectivity index (χ1) is 9.16. The maximum atomic E-state index is 12.5. The molecule has 5 heteroatoms. The van der Waals surface area contributed by atoms with Crippen molar-refractivity contribution < 1.29 is 14.5 Å². The lowest BCUT2D eigenvalue weighted by Gasteiger charge is -2.19. The molecule has 0 unspecified atom stereocenters. The number of quaternary nitrogens is 1. The Morgan fingerprint density at radius 2 is 1.95 bits per heavy atom. The lowest BCUT2D eigenvalue weighted by Crippen LogP contribution is -3.14. The van der Waals surface area contributed by atoms with Crippen molar-refractivity contribution in [1.82, 2.24) is 0 Å². The molecule has 1 atom stereocenters. The van der Waals surface area contributed by atoms with E-state index in [0.29, 0.717) is 17.1 Å². The molecule has 100 valence electrons. The Balaban J connectivity index is 1.86. The third-order valence-corrected chi connectivity index (χ3v) is 4.19. The van der Waals surface area contributed by atoms with Gasteiger partial charge in [0.05, 0.1) is 25.2 Å². The normalized spacial score (nSPS) is 24.5. The fraction of sp³-hybridized carbons (Fsp3) is 0.429. The van der Waals surface area contributed by atoms with Gasteiger partial charge in [0.25, 0.3) is 5.91 Å². The molecule has 1 aromatic carbocycles.